The van der Waals surface area contributed by atoms with Crippen LogP contribution in [0.25, 0.3) is 0 Å². The Labute approximate surface area is 132 Å². The quantitative estimate of drug-likeness (QED) is 0.499. The van der Waals surface area contributed by atoms with Crippen molar-refractivity contribution in [2.24, 2.45) is 11.8 Å². The van der Waals surface area contributed by atoms with Gasteiger partial charge in [-0.15, -0.1) is 0 Å². The van der Waals surface area contributed by atoms with Gasteiger partial charge in [0.15, 0.2) is 0 Å². The number of nitro groups is 1. The Morgan fingerprint density at radius 3 is 2.71 bits per heavy atom. The standard InChI is InChI=1S/C15H19BrN2O3/c16-9-12-4-1-2-5-13(12)10-17-15(19)11-6-3-7-14(8-11)18(20)21/h3,6-8,12-13H,1-2,4-5,9-10H2,(H,17,19). The maximum Gasteiger partial charge on any atom is 0.270 e. The summed E-state index contributed by atoms with van der Waals surface area (Å²) in [5.41, 5.74) is 0.286. The smallest absolute Gasteiger partial charge is 0.270 e. The molecule has 0 aromatic heterocycles. The van der Waals surface area contributed by atoms with Crippen LogP contribution in [0, 0.1) is 22.0 Å². The van der Waals surface area contributed by atoms with Crippen LogP contribution in [0.1, 0.15) is 36.0 Å². The third kappa shape index (κ3) is 4.27. The van der Waals surface area contributed by atoms with Crippen LogP contribution in [-0.2, 0) is 0 Å². The molecule has 0 aliphatic heterocycles. The van der Waals surface area contributed by atoms with E-state index >= 15 is 0 Å². The highest BCUT2D eigenvalue weighted by atomic mass is 79.9. The summed E-state index contributed by atoms with van der Waals surface area (Å²) in [5.74, 6) is 0.850. The number of carbonyl (C=O) groups excluding carboxylic acids is 1. The zero-order valence-corrected chi connectivity index (χ0v) is 13.3. The SMILES string of the molecule is O=C(NCC1CCCCC1CBr)c1cccc([N+](=O)[O-])c1. The second-order valence-corrected chi connectivity index (χ2v) is 6.12. The maximum atomic E-state index is 12.1. The number of hydrogen-bond acceptors (Lipinski definition) is 3. The van der Waals surface area contributed by atoms with Gasteiger partial charge in [-0.25, -0.2) is 0 Å². The lowest BCUT2D eigenvalue weighted by Gasteiger charge is -2.30. The van der Waals surface area contributed by atoms with Crippen molar-refractivity contribution < 1.29 is 9.72 Å². The summed E-state index contributed by atoms with van der Waals surface area (Å²) in [6, 6.07) is 5.84. The van der Waals surface area contributed by atoms with E-state index in [1.807, 2.05) is 0 Å². The molecule has 0 bridgehead atoms. The second-order valence-electron chi connectivity index (χ2n) is 5.48. The van der Waals surface area contributed by atoms with Crippen LogP contribution in [0.4, 0.5) is 5.69 Å². The molecule has 1 amide bonds. The molecule has 1 fully saturated rings. The molecule has 2 rings (SSSR count). The molecular weight excluding hydrogens is 336 g/mol. The van der Waals surface area contributed by atoms with Crippen LogP contribution in [0.15, 0.2) is 24.3 Å². The number of nitrogens with one attached hydrogen (secondary N) is 1. The minimum absolute atomic E-state index is 0.0568. The molecule has 1 N–H and O–H groups in total. The van der Waals surface area contributed by atoms with Crippen molar-refractivity contribution in [2.75, 3.05) is 11.9 Å². The largest absolute Gasteiger partial charge is 0.352 e. The number of non-ortho nitro benzene ring substituents is 1. The third-order valence-electron chi connectivity index (χ3n) is 4.11. The Bertz CT molecular complexity index is 521. The van der Waals surface area contributed by atoms with E-state index in [9.17, 15) is 14.9 Å². The van der Waals surface area contributed by atoms with Gasteiger partial charge in [-0.3, -0.25) is 14.9 Å². The number of carbonyl (C=O) groups is 1. The van der Waals surface area contributed by atoms with Crippen molar-refractivity contribution in [1.82, 2.24) is 5.32 Å². The van der Waals surface area contributed by atoms with Gasteiger partial charge in [0.05, 0.1) is 4.92 Å². The molecule has 0 heterocycles. The van der Waals surface area contributed by atoms with Gasteiger partial charge in [0.2, 0.25) is 0 Å². The fourth-order valence-corrected chi connectivity index (χ4v) is 3.70. The molecule has 0 saturated heterocycles. The molecule has 21 heavy (non-hydrogen) atoms. The molecule has 1 aromatic rings. The number of benzene rings is 1. The molecule has 1 aromatic carbocycles. The van der Waals surface area contributed by atoms with E-state index in [0.29, 0.717) is 23.9 Å². The predicted octanol–water partition coefficient (Wildman–Crippen LogP) is 3.53. The molecule has 114 valence electrons. The van der Waals surface area contributed by atoms with Crippen molar-refractivity contribution in [2.45, 2.75) is 25.7 Å². The van der Waals surface area contributed by atoms with Crippen molar-refractivity contribution in [3.05, 3.63) is 39.9 Å². The lowest BCUT2D eigenvalue weighted by atomic mass is 9.80. The van der Waals surface area contributed by atoms with E-state index in [1.165, 1.54) is 37.5 Å². The zero-order chi connectivity index (χ0) is 15.2. The number of hydrogen-bond donors (Lipinski definition) is 1. The highest BCUT2D eigenvalue weighted by Crippen LogP contribution is 2.30. The summed E-state index contributed by atoms with van der Waals surface area (Å²) in [6.45, 7) is 0.637. The number of alkyl halides is 1. The van der Waals surface area contributed by atoms with Crippen LogP contribution in [-0.4, -0.2) is 22.7 Å². The molecule has 0 spiro atoms. The van der Waals surface area contributed by atoms with Gasteiger partial charge in [0.1, 0.15) is 0 Å². The first kappa shape index (κ1) is 15.9. The van der Waals surface area contributed by atoms with Crippen molar-refractivity contribution in [3.8, 4) is 0 Å². The van der Waals surface area contributed by atoms with Crippen LogP contribution in [0.5, 0.6) is 0 Å². The van der Waals surface area contributed by atoms with Crippen LogP contribution in [0.2, 0.25) is 0 Å². The Morgan fingerprint density at radius 2 is 2.05 bits per heavy atom. The van der Waals surface area contributed by atoms with Gasteiger partial charge >= 0.3 is 0 Å². The van der Waals surface area contributed by atoms with Crippen molar-refractivity contribution in [3.63, 3.8) is 0 Å². The summed E-state index contributed by atoms with van der Waals surface area (Å²) < 4.78 is 0. The molecule has 2 unspecified atom stereocenters. The number of nitro benzene ring substituents is 1. The summed E-state index contributed by atoms with van der Waals surface area (Å²) in [6.07, 6.45) is 4.79. The maximum absolute atomic E-state index is 12.1. The molecule has 1 aliphatic carbocycles. The van der Waals surface area contributed by atoms with Crippen LogP contribution in [0.3, 0.4) is 0 Å². The lowest BCUT2D eigenvalue weighted by molar-refractivity contribution is -0.384. The first-order valence-electron chi connectivity index (χ1n) is 7.20. The van der Waals surface area contributed by atoms with E-state index < -0.39 is 4.92 Å². The Hall–Kier alpha value is -1.43. The molecular formula is C15H19BrN2O3. The molecule has 6 heteroatoms. The average molecular weight is 355 g/mol. The minimum atomic E-state index is -0.487. The zero-order valence-electron chi connectivity index (χ0n) is 11.8. The van der Waals surface area contributed by atoms with E-state index in [0.717, 1.165) is 11.8 Å². The van der Waals surface area contributed by atoms with E-state index in [1.54, 1.807) is 6.07 Å². The molecule has 5 nitrogen and oxygen atoms in total. The summed E-state index contributed by atoms with van der Waals surface area (Å²) >= 11 is 3.54. The molecule has 2 atom stereocenters. The van der Waals surface area contributed by atoms with Crippen molar-refractivity contribution in [1.29, 1.82) is 0 Å². The van der Waals surface area contributed by atoms with Crippen molar-refractivity contribution >= 4 is 27.5 Å². The van der Waals surface area contributed by atoms with Gasteiger partial charge in [0.25, 0.3) is 11.6 Å². The molecule has 0 radical (unpaired) electrons. The van der Waals surface area contributed by atoms with Gasteiger partial charge in [0, 0.05) is 29.6 Å². The third-order valence-corrected chi connectivity index (χ3v) is 4.94. The van der Waals surface area contributed by atoms with Gasteiger partial charge in [-0.2, -0.15) is 0 Å². The summed E-state index contributed by atoms with van der Waals surface area (Å²) in [4.78, 5) is 22.4. The Kier molecular flexibility index (Phi) is 5.73. The predicted molar refractivity (Wildman–Crippen MR) is 84.7 cm³/mol. The average Bonchev–Trinajstić information content (AvgIpc) is 2.52. The monoisotopic (exact) mass is 354 g/mol. The fourth-order valence-electron chi connectivity index (χ4n) is 2.84. The minimum Gasteiger partial charge on any atom is -0.352 e. The fraction of sp³-hybridized carbons (Fsp3) is 0.533. The number of rotatable bonds is 5. The van der Waals surface area contributed by atoms with E-state index in [2.05, 4.69) is 21.2 Å². The summed E-state index contributed by atoms with van der Waals surface area (Å²) in [5, 5.41) is 14.6. The van der Waals surface area contributed by atoms with Gasteiger partial charge in [-0.1, -0.05) is 34.8 Å². The van der Waals surface area contributed by atoms with Gasteiger partial charge in [-0.05, 0) is 30.7 Å². The number of halogens is 1. The Morgan fingerprint density at radius 1 is 1.33 bits per heavy atom. The topological polar surface area (TPSA) is 72.2 Å². The van der Waals surface area contributed by atoms with Crippen LogP contribution >= 0.6 is 15.9 Å². The highest BCUT2D eigenvalue weighted by molar-refractivity contribution is 9.09. The first-order chi connectivity index (χ1) is 10.1. The van der Waals surface area contributed by atoms with E-state index in [4.69, 9.17) is 0 Å². The second kappa shape index (κ2) is 7.54. The van der Waals surface area contributed by atoms with Gasteiger partial charge < -0.3 is 5.32 Å². The molecule has 1 saturated carbocycles. The normalized spacial score (nSPS) is 21.8. The lowest BCUT2D eigenvalue weighted by Crippen LogP contribution is -2.34. The summed E-state index contributed by atoms with van der Waals surface area (Å²) in [7, 11) is 0. The number of nitrogens with zero attached hydrogens (tertiary/aromatic N) is 1. The molecule has 1 aliphatic rings. The van der Waals surface area contributed by atoms with Crippen LogP contribution < -0.4 is 5.32 Å². The Balaban J connectivity index is 1.95. The van der Waals surface area contributed by atoms with E-state index in [-0.39, 0.29) is 11.6 Å². The highest BCUT2D eigenvalue weighted by Gasteiger charge is 2.24. The first-order valence-corrected chi connectivity index (χ1v) is 8.32. The number of amides is 1.